The molecule has 1 aliphatic rings. The molecule has 1 fully saturated rings. The van der Waals surface area contributed by atoms with Gasteiger partial charge in [0, 0.05) is 18.8 Å². The Kier molecular flexibility index (Phi) is 7.93. The van der Waals surface area contributed by atoms with E-state index in [1.54, 1.807) is 10.8 Å². The molecule has 1 saturated heterocycles. The summed E-state index contributed by atoms with van der Waals surface area (Å²) in [4.78, 5) is 2.35. The van der Waals surface area contributed by atoms with E-state index in [1.165, 1.54) is 57.4 Å². The number of unbranched alkanes of at least 4 members (excludes halogenated alkanes) is 3. The summed E-state index contributed by atoms with van der Waals surface area (Å²) in [6.45, 7) is 4.62. The maximum Gasteiger partial charge on any atom is 0.147 e. The molecule has 1 nitrogen and oxygen atoms in total. The summed E-state index contributed by atoms with van der Waals surface area (Å²) < 4.78 is 1.10. The van der Waals surface area contributed by atoms with E-state index in [0.717, 1.165) is 4.32 Å². The largest absolute Gasteiger partial charge is 0.357 e. The quantitative estimate of drug-likeness (QED) is 0.398. The first kappa shape index (κ1) is 13.7. The van der Waals surface area contributed by atoms with Crippen LogP contribution in [0.1, 0.15) is 45.4 Å². The van der Waals surface area contributed by atoms with Crippen molar-refractivity contribution in [3.63, 3.8) is 0 Å². The first-order valence-corrected chi connectivity index (χ1v) is 8.65. The number of hydrogen-bond donors (Lipinski definition) is 0. The Balaban J connectivity index is 1.92. The predicted octanol–water partition coefficient (Wildman–Crippen LogP) is 4.33. The lowest BCUT2D eigenvalue weighted by Gasteiger charge is -2.16. The van der Waals surface area contributed by atoms with Crippen LogP contribution in [0.25, 0.3) is 0 Å². The van der Waals surface area contributed by atoms with E-state index in [2.05, 4.69) is 11.8 Å². The van der Waals surface area contributed by atoms with Crippen molar-refractivity contribution in [1.82, 2.24) is 4.90 Å². The van der Waals surface area contributed by atoms with Crippen molar-refractivity contribution in [1.29, 1.82) is 0 Å². The summed E-state index contributed by atoms with van der Waals surface area (Å²) in [6.07, 6.45) is 8.06. The average molecular weight is 263 g/mol. The molecule has 0 atom stereocenters. The van der Waals surface area contributed by atoms with Crippen molar-refractivity contribution in [3.05, 3.63) is 0 Å². The van der Waals surface area contributed by atoms with Gasteiger partial charge in [-0.05, 0) is 30.1 Å². The highest BCUT2D eigenvalue weighted by molar-refractivity contribution is 8.83. The van der Waals surface area contributed by atoms with Crippen molar-refractivity contribution in [2.24, 2.45) is 0 Å². The van der Waals surface area contributed by atoms with E-state index >= 15 is 0 Å². The standard InChI is InChI=1S/C11H21NS3/c1-2-3-4-7-10-14-15-11(13)12-8-5-6-9-12/h2-10H2,1H3. The fraction of sp³-hybridized carbons (Fsp3) is 0.909. The number of thiocarbonyl (C=S) groups is 1. The van der Waals surface area contributed by atoms with E-state index < -0.39 is 0 Å². The zero-order valence-corrected chi connectivity index (χ0v) is 12.0. The molecule has 0 spiro atoms. The van der Waals surface area contributed by atoms with Gasteiger partial charge in [-0.25, -0.2) is 0 Å². The van der Waals surface area contributed by atoms with Crippen LogP contribution in [0.2, 0.25) is 0 Å². The van der Waals surface area contributed by atoms with Crippen molar-refractivity contribution in [3.8, 4) is 0 Å². The van der Waals surface area contributed by atoms with Gasteiger partial charge in [-0.2, -0.15) is 0 Å². The Morgan fingerprint density at radius 2 is 1.93 bits per heavy atom. The Bertz CT molecular complexity index is 179. The number of hydrogen-bond acceptors (Lipinski definition) is 3. The lowest BCUT2D eigenvalue weighted by molar-refractivity contribution is 0.539. The molecule has 0 bridgehead atoms. The monoisotopic (exact) mass is 263 g/mol. The third-order valence-corrected chi connectivity index (χ3v) is 5.70. The Morgan fingerprint density at radius 3 is 2.60 bits per heavy atom. The van der Waals surface area contributed by atoms with Crippen LogP contribution in [0.4, 0.5) is 0 Å². The van der Waals surface area contributed by atoms with E-state index in [9.17, 15) is 0 Å². The van der Waals surface area contributed by atoms with Crippen molar-refractivity contribution in [2.45, 2.75) is 45.4 Å². The summed E-state index contributed by atoms with van der Waals surface area (Å²) in [6, 6.07) is 0. The van der Waals surface area contributed by atoms with Crippen LogP contribution in [0.3, 0.4) is 0 Å². The number of likely N-dealkylation sites (tertiary alicyclic amines) is 1. The summed E-state index contributed by atoms with van der Waals surface area (Å²) >= 11 is 5.38. The minimum atomic E-state index is 1.10. The molecule has 1 aliphatic heterocycles. The van der Waals surface area contributed by atoms with Gasteiger partial charge in [0.25, 0.3) is 0 Å². The van der Waals surface area contributed by atoms with Gasteiger partial charge in [-0.15, -0.1) is 0 Å². The van der Waals surface area contributed by atoms with Gasteiger partial charge in [0.05, 0.1) is 0 Å². The zero-order valence-electron chi connectivity index (χ0n) is 9.54. The van der Waals surface area contributed by atoms with Gasteiger partial charge >= 0.3 is 0 Å². The third kappa shape index (κ3) is 6.03. The smallest absolute Gasteiger partial charge is 0.147 e. The molecule has 1 heterocycles. The lowest BCUT2D eigenvalue weighted by Crippen LogP contribution is -2.22. The maximum atomic E-state index is 5.38. The second-order valence-corrected chi connectivity index (χ2v) is 6.98. The van der Waals surface area contributed by atoms with Gasteiger partial charge in [0.2, 0.25) is 0 Å². The lowest BCUT2D eigenvalue weighted by atomic mass is 10.2. The molecule has 88 valence electrons. The molecule has 0 saturated carbocycles. The van der Waals surface area contributed by atoms with Crippen LogP contribution in [0, 0.1) is 0 Å². The van der Waals surface area contributed by atoms with Gasteiger partial charge < -0.3 is 4.90 Å². The van der Waals surface area contributed by atoms with Gasteiger partial charge in [0.15, 0.2) is 0 Å². The summed E-state index contributed by atoms with van der Waals surface area (Å²) in [5.41, 5.74) is 0. The van der Waals surface area contributed by atoms with Crippen LogP contribution < -0.4 is 0 Å². The molecule has 4 heteroatoms. The van der Waals surface area contributed by atoms with Gasteiger partial charge in [0.1, 0.15) is 4.32 Å². The number of rotatable bonds is 6. The van der Waals surface area contributed by atoms with E-state index in [-0.39, 0.29) is 0 Å². The van der Waals surface area contributed by atoms with E-state index in [4.69, 9.17) is 12.2 Å². The average Bonchev–Trinajstić information content (AvgIpc) is 2.76. The van der Waals surface area contributed by atoms with E-state index in [1.807, 2.05) is 10.8 Å². The summed E-state index contributed by atoms with van der Waals surface area (Å²) in [5, 5.41) is 0. The van der Waals surface area contributed by atoms with Crippen LogP contribution in [-0.2, 0) is 0 Å². The highest BCUT2D eigenvalue weighted by Crippen LogP contribution is 2.28. The highest BCUT2D eigenvalue weighted by atomic mass is 33.1. The first-order valence-electron chi connectivity index (χ1n) is 5.93. The molecule has 0 aromatic carbocycles. The SMILES string of the molecule is CCCCCCSSC(=S)N1CCCC1. The van der Waals surface area contributed by atoms with Crippen LogP contribution in [-0.4, -0.2) is 28.1 Å². The van der Waals surface area contributed by atoms with Crippen molar-refractivity contribution in [2.75, 3.05) is 18.8 Å². The summed E-state index contributed by atoms with van der Waals surface area (Å²) in [7, 11) is 3.74. The van der Waals surface area contributed by atoms with Gasteiger partial charge in [-0.3, -0.25) is 0 Å². The van der Waals surface area contributed by atoms with Gasteiger partial charge in [-0.1, -0.05) is 49.2 Å². The van der Waals surface area contributed by atoms with Crippen molar-refractivity contribution >= 4 is 38.1 Å². The molecular formula is C11H21NS3. The second kappa shape index (κ2) is 8.71. The van der Waals surface area contributed by atoms with Crippen LogP contribution >= 0.6 is 33.8 Å². The number of nitrogens with zero attached hydrogens (tertiary/aromatic N) is 1. The maximum absolute atomic E-state index is 5.38. The Labute approximate surface area is 107 Å². The topological polar surface area (TPSA) is 3.24 Å². The van der Waals surface area contributed by atoms with E-state index in [0.29, 0.717) is 0 Å². The molecule has 15 heavy (non-hydrogen) atoms. The fourth-order valence-electron chi connectivity index (χ4n) is 1.63. The molecule has 0 aliphatic carbocycles. The normalized spacial score (nSPS) is 15.9. The predicted molar refractivity (Wildman–Crippen MR) is 77.6 cm³/mol. The minimum absolute atomic E-state index is 1.10. The first-order chi connectivity index (χ1) is 7.34. The minimum Gasteiger partial charge on any atom is -0.357 e. The molecule has 0 amide bonds. The molecule has 0 radical (unpaired) electrons. The molecule has 0 N–H and O–H groups in total. The molecule has 0 unspecified atom stereocenters. The van der Waals surface area contributed by atoms with Crippen LogP contribution in [0.15, 0.2) is 0 Å². The molecule has 0 aromatic heterocycles. The second-order valence-electron chi connectivity index (χ2n) is 3.93. The molecule has 1 rings (SSSR count). The summed E-state index contributed by atoms with van der Waals surface area (Å²) in [5.74, 6) is 1.25. The Hall–Kier alpha value is 0.590. The molecular weight excluding hydrogens is 242 g/mol. The third-order valence-electron chi connectivity index (χ3n) is 2.58. The molecule has 0 aromatic rings. The fourth-order valence-corrected chi connectivity index (χ4v) is 4.26. The highest BCUT2D eigenvalue weighted by Gasteiger charge is 2.14. The van der Waals surface area contributed by atoms with Crippen molar-refractivity contribution < 1.29 is 0 Å². The Morgan fingerprint density at radius 1 is 1.20 bits per heavy atom. The van der Waals surface area contributed by atoms with Crippen LogP contribution in [0.5, 0.6) is 0 Å². The zero-order chi connectivity index (χ0) is 10.9.